The molecule has 0 amide bonds. The fourth-order valence-electron chi connectivity index (χ4n) is 2.27. The van der Waals surface area contributed by atoms with Crippen molar-refractivity contribution in [1.29, 1.82) is 5.26 Å². The molecule has 1 aliphatic heterocycles. The van der Waals surface area contributed by atoms with E-state index >= 15 is 0 Å². The van der Waals surface area contributed by atoms with Crippen molar-refractivity contribution >= 4 is 11.7 Å². The summed E-state index contributed by atoms with van der Waals surface area (Å²) in [6.45, 7) is -0.0959. The zero-order chi connectivity index (χ0) is 16.5. The van der Waals surface area contributed by atoms with Crippen molar-refractivity contribution in [1.82, 2.24) is 4.98 Å². The number of carboxylic acid groups (broad SMARTS) is 1. The van der Waals surface area contributed by atoms with E-state index in [1.807, 2.05) is 0 Å². The van der Waals surface area contributed by atoms with Gasteiger partial charge in [0, 0.05) is 25.9 Å². The molecule has 1 aromatic heterocycles. The molecule has 0 unspecified atom stereocenters. The average molecular weight is 317 g/mol. The molecule has 118 valence electrons. The number of hydrogen-bond donors (Lipinski definition) is 1. The molecule has 0 radical (unpaired) electrons. The Kier molecular flexibility index (Phi) is 3.96. The molecule has 5 nitrogen and oxygen atoms in total. The average Bonchev–Trinajstić information content (AvgIpc) is 2.46. The van der Waals surface area contributed by atoms with Crippen LogP contribution in [0.4, 0.5) is 23.2 Å². The Morgan fingerprint density at radius 2 is 2.00 bits per heavy atom. The summed E-state index contributed by atoms with van der Waals surface area (Å²) in [5.74, 6) is -1.57. The summed E-state index contributed by atoms with van der Waals surface area (Å²) in [4.78, 5) is 15.7. The minimum atomic E-state index is -4.73. The number of alkyl halides is 4. The molecule has 1 aromatic rings. The summed E-state index contributed by atoms with van der Waals surface area (Å²) in [6, 6.07) is 2.15. The van der Waals surface area contributed by atoms with Gasteiger partial charge in [0.1, 0.15) is 6.07 Å². The number of piperidine rings is 1. The Balaban J connectivity index is 2.25. The minimum Gasteiger partial charge on any atom is -0.479 e. The summed E-state index contributed by atoms with van der Waals surface area (Å²) in [7, 11) is 0. The normalized spacial score (nSPS) is 17.9. The van der Waals surface area contributed by atoms with E-state index in [0.717, 1.165) is 12.3 Å². The smallest absolute Gasteiger partial charge is 0.419 e. The molecule has 0 atom stereocenters. The van der Waals surface area contributed by atoms with E-state index in [9.17, 15) is 22.4 Å². The van der Waals surface area contributed by atoms with Gasteiger partial charge in [-0.1, -0.05) is 0 Å². The van der Waals surface area contributed by atoms with E-state index < -0.39 is 29.1 Å². The molecule has 1 saturated heterocycles. The van der Waals surface area contributed by atoms with Crippen LogP contribution in [0, 0.1) is 11.3 Å². The zero-order valence-corrected chi connectivity index (χ0v) is 11.2. The highest BCUT2D eigenvalue weighted by Crippen LogP contribution is 2.35. The predicted octanol–water partition coefficient (Wildman–Crippen LogP) is 2.37. The molecule has 0 bridgehead atoms. The van der Waals surface area contributed by atoms with Crippen LogP contribution in [0.3, 0.4) is 0 Å². The van der Waals surface area contributed by atoms with Gasteiger partial charge in [0.25, 0.3) is 0 Å². The number of carboxylic acids is 1. The zero-order valence-electron chi connectivity index (χ0n) is 11.2. The molecule has 1 fully saturated rings. The van der Waals surface area contributed by atoms with Crippen LogP contribution < -0.4 is 4.90 Å². The lowest BCUT2D eigenvalue weighted by Crippen LogP contribution is -2.46. The van der Waals surface area contributed by atoms with Gasteiger partial charge < -0.3 is 10.0 Å². The highest BCUT2D eigenvalue weighted by atomic mass is 19.4. The molecular formula is C13H11F4N3O2. The third-order valence-corrected chi connectivity index (χ3v) is 3.59. The van der Waals surface area contributed by atoms with Gasteiger partial charge in [-0.05, 0) is 6.07 Å². The van der Waals surface area contributed by atoms with Gasteiger partial charge in [0.2, 0.25) is 5.67 Å². The van der Waals surface area contributed by atoms with E-state index in [1.165, 1.54) is 11.0 Å². The SMILES string of the molecule is N#Cc1ncc(N2CCC(F)(C(=O)O)CC2)cc1C(F)(F)F. The first-order chi connectivity index (χ1) is 10.2. The van der Waals surface area contributed by atoms with Gasteiger partial charge in [0.05, 0.1) is 17.4 Å². The van der Waals surface area contributed by atoms with Crippen molar-refractivity contribution in [2.75, 3.05) is 18.0 Å². The lowest BCUT2D eigenvalue weighted by Gasteiger charge is -2.35. The van der Waals surface area contributed by atoms with Crippen molar-refractivity contribution in [3.05, 3.63) is 23.5 Å². The fourth-order valence-corrected chi connectivity index (χ4v) is 2.27. The van der Waals surface area contributed by atoms with Crippen LogP contribution in [-0.4, -0.2) is 34.8 Å². The molecule has 22 heavy (non-hydrogen) atoms. The Morgan fingerprint density at radius 1 is 1.41 bits per heavy atom. The lowest BCUT2D eigenvalue weighted by atomic mass is 9.93. The molecule has 0 aromatic carbocycles. The van der Waals surface area contributed by atoms with E-state index in [4.69, 9.17) is 10.4 Å². The first kappa shape index (κ1) is 16.0. The van der Waals surface area contributed by atoms with Crippen LogP contribution in [-0.2, 0) is 11.0 Å². The second kappa shape index (κ2) is 5.44. The number of halogens is 4. The first-order valence-corrected chi connectivity index (χ1v) is 6.32. The summed E-state index contributed by atoms with van der Waals surface area (Å²) in [5, 5.41) is 17.5. The summed E-state index contributed by atoms with van der Waals surface area (Å²) in [6.07, 6.45) is -4.29. The molecule has 1 aliphatic rings. The van der Waals surface area contributed by atoms with Gasteiger partial charge in [-0.15, -0.1) is 0 Å². The highest BCUT2D eigenvalue weighted by molar-refractivity contribution is 5.77. The van der Waals surface area contributed by atoms with Crippen molar-refractivity contribution in [3.8, 4) is 6.07 Å². The van der Waals surface area contributed by atoms with Crippen molar-refractivity contribution in [3.63, 3.8) is 0 Å². The van der Waals surface area contributed by atoms with Crippen LogP contribution in [0.5, 0.6) is 0 Å². The fraction of sp³-hybridized carbons (Fsp3) is 0.462. The van der Waals surface area contributed by atoms with Gasteiger partial charge in [0.15, 0.2) is 5.69 Å². The highest BCUT2D eigenvalue weighted by Gasteiger charge is 2.42. The lowest BCUT2D eigenvalue weighted by molar-refractivity contribution is -0.152. The van der Waals surface area contributed by atoms with Crippen molar-refractivity contribution in [2.24, 2.45) is 0 Å². The molecule has 2 rings (SSSR count). The molecule has 1 N–H and O–H groups in total. The molecular weight excluding hydrogens is 306 g/mol. The number of hydrogen-bond acceptors (Lipinski definition) is 4. The van der Waals surface area contributed by atoms with E-state index in [-0.39, 0.29) is 31.6 Å². The summed E-state index contributed by atoms with van der Waals surface area (Å²) < 4.78 is 52.5. The van der Waals surface area contributed by atoms with E-state index in [0.29, 0.717) is 0 Å². The maximum atomic E-state index is 13.9. The van der Waals surface area contributed by atoms with Crippen LogP contribution >= 0.6 is 0 Å². The number of nitrogens with zero attached hydrogens (tertiary/aromatic N) is 3. The monoisotopic (exact) mass is 317 g/mol. The second-order valence-corrected chi connectivity index (χ2v) is 4.96. The predicted molar refractivity (Wildman–Crippen MR) is 66.9 cm³/mol. The van der Waals surface area contributed by atoms with Gasteiger partial charge in [-0.3, -0.25) is 0 Å². The Labute approximate surface area is 122 Å². The van der Waals surface area contributed by atoms with Crippen molar-refractivity contribution < 1.29 is 27.5 Å². The molecule has 0 aliphatic carbocycles. The minimum absolute atomic E-state index is 0.0479. The van der Waals surface area contributed by atoms with E-state index in [2.05, 4.69) is 4.98 Å². The molecule has 9 heteroatoms. The maximum Gasteiger partial charge on any atom is 0.419 e. The summed E-state index contributed by atoms with van der Waals surface area (Å²) >= 11 is 0. The third kappa shape index (κ3) is 2.95. The van der Waals surface area contributed by atoms with Gasteiger partial charge in [-0.2, -0.15) is 18.4 Å². The molecule has 0 spiro atoms. The van der Waals surface area contributed by atoms with Gasteiger partial charge in [-0.25, -0.2) is 14.2 Å². The summed E-state index contributed by atoms with van der Waals surface area (Å²) in [5.41, 5.74) is -4.18. The number of aromatic nitrogens is 1. The molecule has 2 heterocycles. The second-order valence-electron chi connectivity index (χ2n) is 4.96. The van der Waals surface area contributed by atoms with Crippen LogP contribution in [0.2, 0.25) is 0 Å². The number of pyridine rings is 1. The van der Waals surface area contributed by atoms with E-state index in [1.54, 1.807) is 0 Å². The van der Waals surface area contributed by atoms with Crippen LogP contribution in [0.1, 0.15) is 24.1 Å². The Bertz CT molecular complexity index is 631. The van der Waals surface area contributed by atoms with Crippen LogP contribution in [0.25, 0.3) is 0 Å². The number of rotatable bonds is 2. The Morgan fingerprint density at radius 3 is 2.45 bits per heavy atom. The molecule has 0 saturated carbocycles. The largest absolute Gasteiger partial charge is 0.479 e. The van der Waals surface area contributed by atoms with Crippen molar-refractivity contribution in [2.45, 2.75) is 24.7 Å². The quantitative estimate of drug-likeness (QED) is 0.847. The number of nitriles is 1. The number of aliphatic carboxylic acids is 1. The number of carbonyl (C=O) groups is 1. The topological polar surface area (TPSA) is 77.2 Å². The number of anilines is 1. The Hall–Kier alpha value is -2.37. The third-order valence-electron chi connectivity index (χ3n) is 3.59. The standard InChI is InChI=1S/C13H11F4N3O2/c14-12(11(21)22)1-3-20(4-2-12)8-5-9(13(15,16)17)10(6-18)19-7-8/h5,7H,1-4H2,(H,21,22). The maximum absolute atomic E-state index is 13.9. The van der Waals surface area contributed by atoms with Gasteiger partial charge >= 0.3 is 12.1 Å². The van der Waals surface area contributed by atoms with Crippen LogP contribution in [0.15, 0.2) is 12.3 Å². The first-order valence-electron chi connectivity index (χ1n) is 6.32.